The molecule has 1 atom stereocenters. The Kier molecular flexibility index (Phi) is 3.89. The number of nitrogens with one attached hydrogen (secondary N) is 1. The van der Waals surface area contributed by atoms with E-state index in [1.807, 2.05) is 15.8 Å². The SMILES string of the molecule is CCCn1cc(N[C@@H]2CCN(C(C)C)C2=O)cn1. The van der Waals surface area contributed by atoms with E-state index in [2.05, 4.69) is 31.2 Å². The number of hydrogen-bond donors (Lipinski definition) is 1. The van der Waals surface area contributed by atoms with Gasteiger partial charge in [-0.3, -0.25) is 9.48 Å². The zero-order chi connectivity index (χ0) is 13.1. The van der Waals surface area contributed by atoms with Crippen LogP contribution in [0.3, 0.4) is 0 Å². The monoisotopic (exact) mass is 250 g/mol. The van der Waals surface area contributed by atoms with Crippen LogP contribution in [0.25, 0.3) is 0 Å². The highest BCUT2D eigenvalue weighted by Gasteiger charge is 2.32. The van der Waals surface area contributed by atoms with Crippen molar-refractivity contribution in [2.24, 2.45) is 0 Å². The number of aryl methyl sites for hydroxylation is 1. The molecule has 0 radical (unpaired) electrons. The van der Waals surface area contributed by atoms with Gasteiger partial charge in [0.25, 0.3) is 0 Å². The fourth-order valence-corrected chi connectivity index (χ4v) is 2.34. The summed E-state index contributed by atoms with van der Waals surface area (Å²) < 4.78 is 1.90. The van der Waals surface area contributed by atoms with Crippen molar-refractivity contribution >= 4 is 11.6 Å². The molecule has 1 aliphatic rings. The number of amides is 1. The molecule has 0 unspecified atom stereocenters. The quantitative estimate of drug-likeness (QED) is 0.865. The smallest absolute Gasteiger partial charge is 0.245 e. The number of hydrogen-bond acceptors (Lipinski definition) is 3. The highest BCUT2D eigenvalue weighted by molar-refractivity contribution is 5.86. The maximum atomic E-state index is 12.1. The van der Waals surface area contributed by atoms with Crippen molar-refractivity contribution in [1.82, 2.24) is 14.7 Å². The average molecular weight is 250 g/mol. The Bertz CT molecular complexity index is 413. The summed E-state index contributed by atoms with van der Waals surface area (Å²) in [6.45, 7) is 7.99. The summed E-state index contributed by atoms with van der Waals surface area (Å²) in [4.78, 5) is 14.0. The lowest BCUT2D eigenvalue weighted by Crippen LogP contribution is -2.37. The van der Waals surface area contributed by atoms with Crippen molar-refractivity contribution in [3.63, 3.8) is 0 Å². The van der Waals surface area contributed by atoms with Crippen LogP contribution < -0.4 is 5.32 Å². The first kappa shape index (κ1) is 12.9. The van der Waals surface area contributed by atoms with E-state index < -0.39 is 0 Å². The van der Waals surface area contributed by atoms with Gasteiger partial charge in [0, 0.05) is 25.3 Å². The van der Waals surface area contributed by atoms with Gasteiger partial charge in [-0.2, -0.15) is 5.10 Å². The minimum Gasteiger partial charge on any atom is -0.371 e. The molecule has 1 saturated heterocycles. The van der Waals surface area contributed by atoms with Crippen LogP contribution in [0.1, 0.15) is 33.6 Å². The number of likely N-dealkylation sites (tertiary alicyclic amines) is 1. The predicted octanol–water partition coefficient (Wildman–Crippen LogP) is 1.71. The molecule has 0 aromatic carbocycles. The van der Waals surface area contributed by atoms with E-state index >= 15 is 0 Å². The first-order valence-corrected chi connectivity index (χ1v) is 6.71. The molecule has 1 fully saturated rings. The molecule has 0 spiro atoms. The second kappa shape index (κ2) is 5.42. The number of rotatable bonds is 5. The van der Waals surface area contributed by atoms with Crippen LogP contribution in [0, 0.1) is 0 Å². The molecule has 5 nitrogen and oxygen atoms in total. The van der Waals surface area contributed by atoms with Crippen molar-refractivity contribution in [1.29, 1.82) is 0 Å². The standard InChI is InChI=1S/C13H22N4O/c1-4-6-16-9-11(8-14-16)15-12-5-7-17(10(2)3)13(12)18/h8-10,12,15H,4-7H2,1-3H3/t12-/m1/s1. The van der Waals surface area contributed by atoms with Crippen molar-refractivity contribution in [2.45, 2.75) is 52.2 Å². The summed E-state index contributed by atoms with van der Waals surface area (Å²) >= 11 is 0. The topological polar surface area (TPSA) is 50.2 Å². The molecule has 1 aliphatic heterocycles. The zero-order valence-electron chi connectivity index (χ0n) is 11.4. The molecule has 0 bridgehead atoms. The van der Waals surface area contributed by atoms with Crippen LogP contribution in [0.4, 0.5) is 5.69 Å². The van der Waals surface area contributed by atoms with Crippen LogP contribution in [-0.2, 0) is 11.3 Å². The molecule has 1 N–H and O–H groups in total. The number of carbonyl (C=O) groups is 1. The molecule has 1 amide bonds. The molecule has 100 valence electrons. The predicted molar refractivity (Wildman–Crippen MR) is 71.4 cm³/mol. The number of aromatic nitrogens is 2. The molecule has 18 heavy (non-hydrogen) atoms. The molecule has 5 heteroatoms. The summed E-state index contributed by atoms with van der Waals surface area (Å²) in [6.07, 6.45) is 5.69. The van der Waals surface area contributed by atoms with Crippen LogP contribution in [-0.4, -0.2) is 39.2 Å². The second-order valence-corrected chi connectivity index (χ2v) is 5.10. The van der Waals surface area contributed by atoms with Crippen molar-refractivity contribution in [3.05, 3.63) is 12.4 Å². The summed E-state index contributed by atoms with van der Waals surface area (Å²) in [7, 11) is 0. The third-order valence-electron chi connectivity index (χ3n) is 3.29. The number of nitrogens with zero attached hydrogens (tertiary/aromatic N) is 3. The van der Waals surface area contributed by atoms with Crippen LogP contribution in [0.2, 0.25) is 0 Å². The molecular weight excluding hydrogens is 228 g/mol. The minimum absolute atomic E-state index is 0.0910. The lowest BCUT2D eigenvalue weighted by atomic mass is 10.2. The number of carbonyl (C=O) groups excluding carboxylic acids is 1. The van der Waals surface area contributed by atoms with Gasteiger partial charge in [-0.15, -0.1) is 0 Å². The van der Waals surface area contributed by atoms with Crippen LogP contribution in [0.15, 0.2) is 12.4 Å². The Morgan fingerprint density at radius 3 is 2.94 bits per heavy atom. The van der Waals surface area contributed by atoms with Gasteiger partial charge in [0.2, 0.25) is 5.91 Å². The van der Waals surface area contributed by atoms with Crippen molar-refractivity contribution in [3.8, 4) is 0 Å². The van der Waals surface area contributed by atoms with Gasteiger partial charge < -0.3 is 10.2 Å². The lowest BCUT2D eigenvalue weighted by molar-refractivity contribution is -0.129. The van der Waals surface area contributed by atoms with Gasteiger partial charge in [-0.25, -0.2) is 0 Å². The van der Waals surface area contributed by atoms with Crippen LogP contribution >= 0.6 is 0 Å². The first-order valence-electron chi connectivity index (χ1n) is 6.71. The molecule has 1 aromatic rings. The van der Waals surface area contributed by atoms with Gasteiger partial charge >= 0.3 is 0 Å². The van der Waals surface area contributed by atoms with E-state index in [1.165, 1.54) is 0 Å². The van der Waals surface area contributed by atoms with Gasteiger partial charge in [-0.1, -0.05) is 6.92 Å². The maximum absolute atomic E-state index is 12.1. The van der Waals surface area contributed by atoms with Crippen molar-refractivity contribution < 1.29 is 4.79 Å². The van der Waals surface area contributed by atoms with E-state index in [9.17, 15) is 4.79 Å². The molecule has 0 saturated carbocycles. The summed E-state index contributed by atoms with van der Waals surface area (Å²) in [5, 5.41) is 7.54. The van der Waals surface area contributed by atoms with Gasteiger partial charge in [0.1, 0.15) is 6.04 Å². The van der Waals surface area contributed by atoms with Crippen LogP contribution in [0.5, 0.6) is 0 Å². The zero-order valence-corrected chi connectivity index (χ0v) is 11.4. The fraction of sp³-hybridized carbons (Fsp3) is 0.692. The summed E-state index contributed by atoms with van der Waals surface area (Å²) in [6, 6.07) is 0.193. The summed E-state index contributed by atoms with van der Waals surface area (Å²) in [5.74, 6) is 0.202. The largest absolute Gasteiger partial charge is 0.371 e. The van der Waals surface area contributed by atoms with E-state index in [1.54, 1.807) is 6.20 Å². The highest BCUT2D eigenvalue weighted by Crippen LogP contribution is 2.18. The van der Waals surface area contributed by atoms with Crippen molar-refractivity contribution in [2.75, 3.05) is 11.9 Å². The lowest BCUT2D eigenvalue weighted by Gasteiger charge is -2.21. The Morgan fingerprint density at radius 1 is 1.56 bits per heavy atom. The Hall–Kier alpha value is -1.52. The Balaban J connectivity index is 1.95. The molecule has 0 aliphatic carbocycles. The Morgan fingerprint density at radius 2 is 2.33 bits per heavy atom. The van der Waals surface area contributed by atoms with E-state index in [4.69, 9.17) is 0 Å². The normalized spacial score (nSPS) is 19.9. The van der Waals surface area contributed by atoms with E-state index in [-0.39, 0.29) is 18.0 Å². The summed E-state index contributed by atoms with van der Waals surface area (Å²) in [5.41, 5.74) is 0.937. The molecule has 2 rings (SSSR count). The first-order chi connectivity index (χ1) is 8.61. The van der Waals surface area contributed by atoms with Gasteiger partial charge in [0.05, 0.1) is 11.9 Å². The van der Waals surface area contributed by atoms with Gasteiger partial charge in [-0.05, 0) is 26.7 Å². The average Bonchev–Trinajstić information content (AvgIpc) is 2.89. The fourth-order valence-electron chi connectivity index (χ4n) is 2.34. The molecule has 2 heterocycles. The molecule has 1 aromatic heterocycles. The number of anilines is 1. The third-order valence-corrected chi connectivity index (χ3v) is 3.29. The maximum Gasteiger partial charge on any atom is 0.245 e. The minimum atomic E-state index is -0.0910. The van der Waals surface area contributed by atoms with E-state index in [0.29, 0.717) is 0 Å². The third kappa shape index (κ3) is 2.66. The second-order valence-electron chi connectivity index (χ2n) is 5.10. The van der Waals surface area contributed by atoms with E-state index in [0.717, 1.165) is 31.6 Å². The van der Waals surface area contributed by atoms with Gasteiger partial charge in [0.15, 0.2) is 0 Å². The Labute approximate surface area is 108 Å². The molecular formula is C13H22N4O. The highest BCUT2D eigenvalue weighted by atomic mass is 16.2.